The predicted octanol–water partition coefficient (Wildman–Crippen LogP) is 4.92. The number of carbonyl (C=O) groups excluding carboxylic acids is 1. The topological polar surface area (TPSA) is 98.7 Å². The number of nitrogens with two attached hydrogens (primary N) is 1. The molecule has 2 aromatic carbocycles. The number of hydrogen-bond acceptors (Lipinski definition) is 4. The molecule has 3 rings (SSSR count). The largest absolute Gasteiger partial charge is 0.494 e. The van der Waals surface area contributed by atoms with Crippen LogP contribution in [0.1, 0.15) is 39.0 Å². The zero-order valence-electron chi connectivity index (χ0n) is 18.6. The number of nitrogens with one attached hydrogen (secondary N) is 1. The number of primary amides is 1. The first-order valence-corrected chi connectivity index (χ1v) is 11.2. The van der Waals surface area contributed by atoms with Crippen molar-refractivity contribution in [2.24, 2.45) is 5.73 Å². The number of fused-ring (bicyclic) bond motifs is 1. The lowest BCUT2D eigenvalue weighted by Crippen LogP contribution is -2.23. The number of amides is 2. The number of aliphatic hydroxyl groups excluding tert-OH is 1. The first kappa shape index (κ1) is 23.5. The van der Waals surface area contributed by atoms with Crippen LogP contribution in [0.5, 0.6) is 11.5 Å². The Labute approximate surface area is 189 Å². The molecule has 0 bridgehead atoms. The van der Waals surface area contributed by atoms with Crippen molar-refractivity contribution in [3.05, 3.63) is 54.7 Å². The third kappa shape index (κ3) is 7.20. The standard InChI is InChI=1S/C25H33N3O4/c1-2-3-4-5-6-15-31-22-8-10-23(11-9-22)32-18-21(29)17-28-14-13-19-16-20(27-25(26)30)7-12-24(19)28/h7-14,16,21,29H,2-6,15,17-18H2,1H3,(H3,26,27,30). The van der Waals surface area contributed by atoms with Crippen molar-refractivity contribution in [3.8, 4) is 11.5 Å². The summed E-state index contributed by atoms with van der Waals surface area (Å²) in [6.07, 6.45) is 7.30. The molecule has 1 aromatic heterocycles. The molecule has 1 atom stereocenters. The van der Waals surface area contributed by atoms with E-state index in [4.69, 9.17) is 15.2 Å². The number of anilines is 1. The van der Waals surface area contributed by atoms with E-state index in [9.17, 15) is 9.90 Å². The highest BCUT2D eigenvalue weighted by Crippen LogP contribution is 2.22. The molecule has 0 aliphatic rings. The third-order valence-corrected chi connectivity index (χ3v) is 5.23. The van der Waals surface area contributed by atoms with E-state index < -0.39 is 12.1 Å². The lowest BCUT2D eigenvalue weighted by Gasteiger charge is -2.15. The summed E-state index contributed by atoms with van der Waals surface area (Å²) in [7, 11) is 0. The van der Waals surface area contributed by atoms with Crippen molar-refractivity contribution >= 4 is 22.6 Å². The molecule has 172 valence electrons. The summed E-state index contributed by atoms with van der Waals surface area (Å²) < 4.78 is 13.5. The number of aliphatic hydroxyl groups is 1. The van der Waals surface area contributed by atoms with Crippen molar-refractivity contribution < 1.29 is 19.4 Å². The van der Waals surface area contributed by atoms with Crippen LogP contribution in [-0.4, -0.2) is 35.0 Å². The molecule has 7 heteroatoms. The number of urea groups is 1. The lowest BCUT2D eigenvalue weighted by atomic mass is 10.2. The maximum Gasteiger partial charge on any atom is 0.316 e. The summed E-state index contributed by atoms with van der Waals surface area (Å²) in [5.41, 5.74) is 6.75. The minimum absolute atomic E-state index is 0.179. The van der Waals surface area contributed by atoms with Crippen LogP contribution in [0, 0.1) is 0 Å². The first-order valence-electron chi connectivity index (χ1n) is 11.2. The Balaban J connectivity index is 1.43. The van der Waals surface area contributed by atoms with Gasteiger partial charge in [-0.2, -0.15) is 0 Å². The SMILES string of the molecule is CCCCCCCOc1ccc(OCC(O)Cn2ccc3cc(NC(N)=O)ccc32)cc1. The second-order valence-electron chi connectivity index (χ2n) is 7.93. The fraction of sp³-hybridized carbons (Fsp3) is 0.400. The van der Waals surface area contributed by atoms with E-state index in [1.165, 1.54) is 25.7 Å². The van der Waals surface area contributed by atoms with Crippen molar-refractivity contribution in [3.63, 3.8) is 0 Å². The van der Waals surface area contributed by atoms with Crippen LogP contribution >= 0.6 is 0 Å². The van der Waals surface area contributed by atoms with Gasteiger partial charge in [-0.1, -0.05) is 32.6 Å². The van der Waals surface area contributed by atoms with Crippen LogP contribution in [0.15, 0.2) is 54.7 Å². The van der Waals surface area contributed by atoms with E-state index in [1.807, 2.05) is 53.2 Å². The number of benzene rings is 2. The highest BCUT2D eigenvalue weighted by Gasteiger charge is 2.10. The lowest BCUT2D eigenvalue weighted by molar-refractivity contribution is 0.0935. The monoisotopic (exact) mass is 439 g/mol. The zero-order valence-corrected chi connectivity index (χ0v) is 18.6. The molecule has 0 aliphatic carbocycles. The number of rotatable bonds is 13. The van der Waals surface area contributed by atoms with Gasteiger partial charge in [0.05, 0.1) is 13.2 Å². The Morgan fingerprint density at radius 1 is 1.03 bits per heavy atom. The van der Waals surface area contributed by atoms with Crippen LogP contribution in [0.3, 0.4) is 0 Å². The van der Waals surface area contributed by atoms with Gasteiger partial charge in [-0.3, -0.25) is 0 Å². The van der Waals surface area contributed by atoms with Crippen molar-refractivity contribution in [1.29, 1.82) is 0 Å². The number of unbranched alkanes of at least 4 members (excludes halogenated alkanes) is 4. The molecule has 0 saturated carbocycles. The van der Waals surface area contributed by atoms with Gasteiger partial charge in [0.25, 0.3) is 0 Å². The number of nitrogens with zero attached hydrogens (tertiary/aromatic N) is 1. The van der Waals surface area contributed by atoms with Crippen molar-refractivity contribution in [1.82, 2.24) is 4.57 Å². The van der Waals surface area contributed by atoms with Crippen LogP contribution in [-0.2, 0) is 6.54 Å². The van der Waals surface area contributed by atoms with Crippen LogP contribution in [0.2, 0.25) is 0 Å². The van der Waals surface area contributed by atoms with Gasteiger partial charge < -0.3 is 30.2 Å². The fourth-order valence-corrected chi connectivity index (χ4v) is 3.58. The molecule has 0 spiro atoms. The summed E-state index contributed by atoms with van der Waals surface area (Å²) in [6, 6.07) is 14.3. The Bertz CT molecular complexity index is 985. The zero-order chi connectivity index (χ0) is 22.8. The molecule has 32 heavy (non-hydrogen) atoms. The molecule has 0 fully saturated rings. The number of aromatic nitrogens is 1. The highest BCUT2D eigenvalue weighted by molar-refractivity contribution is 5.92. The van der Waals surface area contributed by atoms with Gasteiger partial charge in [-0.25, -0.2) is 4.79 Å². The van der Waals surface area contributed by atoms with Crippen LogP contribution in [0.25, 0.3) is 10.9 Å². The second kappa shape index (κ2) is 12.0. The molecule has 1 unspecified atom stereocenters. The van der Waals surface area contributed by atoms with Crippen LogP contribution < -0.4 is 20.5 Å². The van der Waals surface area contributed by atoms with Gasteiger partial charge in [-0.05, 0) is 55.0 Å². The van der Waals surface area contributed by atoms with Gasteiger partial charge in [0.2, 0.25) is 0 Å². The van der Waals surface area contributed by atoms with Crippen molar-refractivity contribution in [2.75, 3.05) is 18.5 Å². The van der Waals surface area contributed by atoms with E-state index in [0.717, 1.165) is 29.7 Å². The Kier molecular flexibility index (Phi) is 8.80. The van der Waals surface area contributed by atoms with Gasteiger partial charge in [-0.15, -0.1) is 0 Å². The van der Waals surface area contributed by atoms with E-state index >= 15 is 0 Å². The van der Waals surface area contributed by atoms with Gasteiger partial charge in [0, 0.05) is 22.8 Å². The summed E-state index contributed by atoms with van der Waals surface area (Å²) in [6.45, 7) is 3.52. The summed E-state index contributed by atoms with van der Waals surface area (Å²) in [5.74, 6) is 1.52. The first-order chi connectivity index (χ1) is 15.5. The molecule has 3 aromatic rings. The molecule has 0 saturated heterocycles. The average molecular weight is 440 g/mol. The molecule has 0 radical (unpaired) electrons. The van der Waals surface area contributed by atoms with E-state index in [2.05, 4.69) is 12.2 Å². The van der Waals surface area contributed by atoms with E-state index in [0.29, 0.717) is 18.0 Å². The molecule has 7 nitrogen and oxygen atoms in total. The van der Waals surface area contributed by atoms with Gasteiger partial charge in [0.15, 0.2) is 0 Å². The van der Waals surface area contributed by atoms with Crippen LogP contribution in [0.4, 0.5) is 10.5 Å². The molecule has 0 aliphatic heterocycles. The summed E-state index contributed by atoms with van der Waals surface area (Å²) in [4.78, 5) is 11.0. The molecular formula is C25H33N3O4. The number of hydrogen-bond donors (Lipinski definition) is 3. The summed E-state index contributed by atoms with van der Waals surface area (Å²) >= 11 is 0. The van der Waals surface area contributed by atoms with Crippen molar-refractivity contribution in [2.45, 2.75) is 51.7 Å². The average Bonchev–Trinajstić information content (AvgIpc) is 3.17. The molecule has 2 amide bonds. The normalized spacial score (nSPS) is 11.9. The fourth-order valence-electron chi connectivity index (χ4n) is 3.58. The van der Waals surface area contributed by atoms with Gasteiger partial charge >= 0.3 is 6.03 Å². The molecule has 4 N–H and O–H groups in total. The maximum absolute atomic E-state index is 11.0. The minimum Gasteiger partial charge on any atom is -0.494 e. The second-order valence-corrected chi connectivity index (χ2v) is 7.93. The Morgan fingerprint density at radius 3 is 2.47 bits per heavy atom. The third-order valence-electron chi connectivity index (χ3n) is 5.23. The Hall–Kier alpha value is -3.19. The van der Waals surface area contributed by atoms with Gasteiger partial charge in [0.1, 0.15) is 24.2 Å². The molecule has 1 heterocycles. The predicted molar refractivity (Wildman–Crippen MR) is 127 cm³/mol. The quantitative estimate of drug-likeness (QED) is 0.329. The summed E-state index contributed by atoms with van der Waals surface area (Å²) in [5, 5.41) is 13.9. The Morgan fingerprint density at radius 2 is 1.75 bits per heavy atom. The smallest absolute Gasteiger partial charge is 0.316 e. The number of carbonyl (C=O) groups is 1. The maximum atomic E-state index is 11.0. The van der Waals surface area contributed by atoms with E-state index in [-0.39, 0.29) is 6.61 Å². The molecular weight excluding hydrogens is 406 g/mol. The number of ether oxygens (including phenoxy) is 2. The van der Waals surface area contributed by atoms with E-state index in [1.54, 1.807) is 6.07 Å². The minimum atomic E-state index is -0.673. The highest BCUT2D eigenvalue weighted by atomic mass is 16.5.